The molecule has 0 heterocycles. The molecule has 0 amide bonds. The van der Waals surface area contributed by atoms with Gasteiger partial charge in [0.1, 0.15) is 0 Å². The molecule has 0 saturated heterocycles. The molecule has 0 aromatic heterocycles. The maximum atomic E-state index is 6.69. The lowest BCUT2D eigenvalue weighted by atomic mass is 9.81. The molecule has 0 saturated carbocycles. The number of benzene rings is 3. The predicted molar refractivity (Wildman–Crippen MR) is 85.6 cm³/mol. The topological polar surface area (TPSA) is 26.0 Å². The summed E-state index contributed by atoms with van der Waals surface area (Å²) in [5, 5.41) is 2.36. The molecule has 1 nitrogen and oxygen atoms in total. The lowest BCUT2D eigenvalue weighted by Crippen LogP contribution is -2.35. The van der Waals surface area contributed by atoms with E-state index >= 15 is 0 Å². The first-order valence-electron chi connectivity index (χ1n) is 6.72. The minimum atomic E-state index is -0.678. The first-order chi connectivity index (χ1) is 9.75. The molecule has 20 heavy (non-hydrogen) atoms. The van der Waals surface area contributed by atoms with Gasteiger partial charge in [-0.25, -0.2) is 0 Å². The van der Waals surface area contributed by atoms with Crippen LogP contribution in [0.25, 0.3) is 10.8 Å². The van der Waals surface area contributed by atoms with Gasteiger partial charge >= 0.3 is 0 Å². The third-order valence-corrected chi connectivity index (χ3v) is 3.81. The normalized spacial score (nSPS) is 13.8. The molecular weight excluding hydrogens is 242 g/mol. The molecular formula is C19H17N. The molecule has 0 aliphatic heterocycles. The summed E-state index contributed by atoms with van der Waals surface area (Å²) in [7, 11) is 0. The van der Waals surface area contributed by atoms with Gasteiger partial charge in [0, 0.05) is 0 Å². The van der Waals surface area contributed by atoms with E-state index in [1.165, 1.54) is 10.8 Å². The van der Waals surface area contributed by atoms with Crippen molar-refractivity contribution in [3.05, 3.63) is 96.6 Å². The fourth-order valence-electron chi connectivity index (χ4n) is 2.68. The fraction of sp³-hybridized carbons (Fsp3) is 0.0526. The third kappa shape index (κ3) is 1.93. The van der Waals surface area contributed by atoms with E-state index in [1.807, 2.05) is 54.6 Å². The molecule has 1 atom stereocenters. The van der Waals surface area contributed by atoms with Crippen LogP contribution in [0.15, 0.2) is 85.5 Å². The molecule has 2 N–H and O–H groups in total. The van der Waals surface area contributed by atoms with Crippen LogP contribution in [0.2, 0.25) is 0 Å². The summed E-state index contributed by atoms with van der Waals surface area (Å²) in [6, 6.07) is 24.6. The second-order valence-electron chi connectivity index (χ2n) is 4.97. The van der Waals surface area contributed by atoms with Crippen molar-refractivity contribution in [3.8, 4) is 0 Å². The van der Waals surface area contributed by atoms with Crippen molar-refractivity contribution in [3.63, 3.8) is 0 Å². The summed E-state index contributed by atoms with van der Waals surface area (Å²) >= 11 is 0. The summed E-state index contributed by atoms with van der Waals surface area (Å²) in [5.74, 6) is 0. The zero-order valence-electron chi connectivity index (χ0n) is 11.3. The number of hydrogen-bond donors (Lipinski definition) is 1. The highest BCUT2D eigenvalue weighted by Gasteiger charge is 2.27. The first-order valence-corrected chi connectivity index (χ1v) is 6.72. The first kappa shape index (κ1) is 12.6. The molecule has 0 bridgehead atoms. The Balaban J connectivity index is 2.30. The number of rotatable bonds is 3. The van der Waals surface area contributed by atoms with Crippen molar-refractivity contribution in [2.75, 3.05) is 0 Å². The minimum absolute atomic E-state index is 0.678. The quantitative estimate of drug-likeness (QED) is 0.700. The molecule has 1 unspecified atom stereocenters. The molecule has 0 spiro atoms. The van der Waals surface area contributed by atoms with E-state index < -0.39 is 5.54 Å². The van der Waals surface area contributed by atoms with Crippen molar-refractivity contribution in [2.45, 2.75) is 5.54 Å². The molecule has 0 aliphatic rings. The van der Waals surface area contributed by atoms with E-state index in [1.54, 1.807) is 0 Å². The summed E-state index contributed by atoms with van der Waals surface area (Å²) in [6.45, 7) is 3.97. The Labute approximate surface area is 119 Å². The van der Waals surface area contributed by atoms with Crippen LogP contribution in [0, 0.1) is 0 Å². The van der Waals surface area contributed by atoms with Gasteiger partial charge in [0.25, 0.3) is 0 Å². The summed E-state index contributed by atoms with van der Waals surface area (Å²) < 4.78 is 0. The van der Waals surface area contributed by atoms with Crippen molar-refractivity contribution < 1.29 is 0 Å². The average molecular weight is 259 g/mol. The zero-order chi connectivity index (χ0) is 14.0. The van der Waals surface area contributed by atoms with Crippen molar-refractivity contribution in [2.24, 2.45) is 5.73 Å². The van der Waals surface area contributed by atoms with E-state index in [4.69, 9.17) is 5.73 Å². The van der Waals surface area contributed by atoms with Crippen molar-refractivity contribution >= 4 is 10.8 Å². The van der Waals surface area contributed by atoms with Crippen LogP contribution in [-0.2, 0) is 5.54 Å². The lowest BCUT2D eigenvalue weighted by molar-refractivity contribution is 0.690. The van der Waals surface area contributed by atoms with Crippen LogP contribution in [0.1, 0.15) is 11.1 Å². The van der Waals surface area contributed by atoms with Crippen LogP contribution in [0.3, 0.4) is 0 Å². The second-order valence-corrected chi connectivity index (χ2v) is 4.97. The van der Waals surface area contributed by atoms with Gasteiger partial charge in [0.05, 0.1) is 5.54 Å². The van der Waals surface area contributed by atoms with Crippen LogP contribution >= 0.6 is 0 Å². The molecule has 3 rings (SSSR count). The van der Waals surface area contributed by atoms with Gasteiger partial charge < -0.3 is 5.73 Å². The molecule has 3 aromatic rings. The second kappa shape index (κ2) is 4.95. The van der Waals surface area contributed by atoms with Gasteiger partial charge in [-0.05, 0) is 21.9 Å². The van der Waals surface area contributed by atoms with E-state index in [9.17, 15) is 0 Å². The van der Waals surface area contributed by atoms with Crippen LogP contribution in [0.5, 0.6) is 0 Å². The zero-order valence-corrected chi connectivity index (χ0v) is 11.3. The van der Waals surface area contributed by atoms with Gasteiger partial charge in [-0.15, -0.1) is 6.58 Å². The monoisotopic (exact) mass is 259 g/mol. The Morgan fingerprint density at radius 3 is 2.20 bits per heavy atom. The van der Waals surface area contributed by atoms with Crippen LogP contribution < -0.4 is 5.73 Å². The lowest BCUT2D eigenvalue weighted by Gasteiger charge is -2.28. The van der Waals surface area contributed by atoms with Gasteiger partial charge in [-0.3, -0.25) is 0 Å². The summed E-state index contributed by atoms with van der Waals surface area (Å²) in [6.07, 6.45) is 1.82. The molecule has 0 radical (unpaired) electrons. The smallest absolute Gasteiger partial charge is 0.0856 e. The van der Waals surface area contributed by atoms with Crippen LogP contribution in [-0.4, -0.2) is 0 Å². The summed E-state index contributed by atoms with van der Waals surface area (Å²) in [4.78, 5) is 0. The van der Waals surface area contributed by atoms with E-state index in [2.05, 4.69) is 30.8 Å². The minimum Gasteiger partial charge on any atom is -0.314 e. The Morgan fingerprint density at radius 2 is 1.45 bits per heavy atom. The maximum Gasteiger partial charge on any atom is 0.0856 e. The standard InChI is InChI=1S/C19H17N/c1-2-19(20,16-11-4-3-5-12-16)18-14-8-10-15-9-6-7-13-17(15)18/h2-14H,1,20H2. The highest BCUT2D eigenvalue weighted by molar-refractivity contribution is 5.87. The van der Waals surface area contributed by atoms with Crippen LogP contribution in [0.4, 0.5) is 0 Å². The van der Waals surface area contributed by atoms with Gasteiger partial charge in [-0.2, -0.15) is 0 Å². The number of hydrogen-bond acceptors (Lipinski definition) is 1. The maximum absolute atomic E-state index is 6.69. The molecule has 0 fully saturated rings. The third-order valence-electron chi connectivity index (χ3n) is 3.81. The average Bonchev–Trinajstić information content (AvgIpc) is 2.54. The highest BCUT2D eigenvalue weighted by Crippen LogP contribution is 2.33. The van der Waals surface area contributed by atoms with E-state index in [0.717, 1.165) is 11.1 Å². The number of nitrogens with two attached hydrogens (primary N) is 1. The molecule has 0 aliphatic carbocycles. The predicted octanol–water partition coefficient (Wildman–Crippen LogP) is 4.23. The van der Waals surface area contributed by atoms with Crippen molar-refractivity contribution in [1.29, 1.82) is 0 Å². The Morgan fingerprint density at radius 1 is 0.800 bits per heavy atom. The SMILES string of the molecule is C=CC(N)(c1ccccc1)c1cccc2ccccc12. The Kier molecular flexibility index (Phi) is 3.13. The van der Waals surface area contributed by atoms with Gasteiger partial charge in [-0.1, -0.05) is 78.9 Å². The van der Waals surface area contributed by atoms with Crippen molar-refractivity contribution in [1.82, 2.24) is 0 Å². The molecule has 1 heteroatoms. The van der Waals surface area contributed by atoms with Gasteiger partial charge in [0.2, 0.25) is 0 Å². The largest absolute Gasteiger partial charge is 0.314 e. The number of fused-ring (bicyclic) bond motifs is 1. The van der Waals surface area contributed by atoms with E-state index in [-0.39, 0.29) is 0 Å². The Hall–Kier alpha value is -2.38. The Bertz CT molecular complexity index is 741. The molecule has 98 valence electrons. The highest BCUT2D eigenvalue weighted by atomic mass is 14.7. The molecule has 3 aromatic carbocycles. The van der Waals surface area contributed by atoms with E-state index in [0.29, 0.717) is 0 Å². The summed E-state index contributed by atoms with van der Waals surface area (Å²) in [5.41, 5.74) is 8.14. The fourth-order valence-corrected chi connectivity index (χ4v) is 2.68. The van der Waals surface area contributed by atoms with Gasteiger partial charge in [0.15, 0.2) is 0 Å².